The summed E-state index contributed by atoms with van der Waals surface area (Å²) in [5.74, 6) is -1.05. The molecule has 2 N–H and O–H groups in total. The van der Waals surface area contributed by atoms with E-state index in [0.29, 0.717) is 11.1 Å². The first-order valence-electron chi connectivity index (χ1n) is 8.52. The Balaban J connectivity index is 1.65. The molecule has 6 nitrogen and oxygen atoms in total. The van der Waals surface area contributed by atoms with Gasteiger partial charge in [-0.25, -0.2) is 9.59 Å². The zero-order valence-electron chi connectivity index (χ0n) is 14.9. The predicted octanol–water partition coefficient (Wildman–Crippen LogP) is 3.81. The normalized spacial score (nSPS) is 10.3. The molecule has 0 saturated carbocycles. The lowest BCUT2D eigenvalue weighted by Crippen LogP contribution is -2.14. The number of hydrogen-bond donors (Lipinski definition) is 2. The van der Waals surface area contributed by atoms with Crippen molar-refractivity contribution in [3.8, 4) is 11.5 Å². The lowest BCUT2D eigenvalue weighted by atomic mass is 10.1. The molecule has 0 aliphatic heterocycles. The van der Waals surface area contributed by atoms with E-state index in [4.69, 9.17) is 9.47 Å². The summed E-state index contributed by atoms with van der Waals surface area (Å²) >= 11 is 0. The summed E-state index contributed by atoms with van der Waals surface area (Å²) in [6, 6.07) is 18.8. The van der Waals surface area contributed by atoms with Crippen LogP contribution in [0.1, 0.15) is 31.8 Å². The van der Waals surface area contributed by atoms with Crippen LogP contribution < -0.4 is 0 Å². The Labute approximate surface area is 161 Å². The molecule has 0 heterocycles. The van der Waals surface area contributed by atoms with Crippen LogP contribution >= 0.6 is 0 Å². The monoisotopic (exact) mass is 378 g/mol. The molecule has 0 spiro atoms. The third-order valence-electron chi connectivity index (χ3n) is 3.98. The molecule has 0 aliphatic rings. The maximum Gasteiger partial charge on any atom is 0.339 e. The van der Waals surface area contributed by atoms with E-state index in [1.807, 2.05) is 0 Å². The molecule has 3 aromatic rings. The van der Waals surface area contributed by atoms with Crippen LogP contribution in [0.25, 0.3) is 0 Å². The third-order valence-corrected chi connectivity index (χ3v) is 3.98. The van der Waals surface area contributed by atoms with Crippen LogP contribution in [0.2, 0.25) is 0 Å². The van der Waals surface area contributed by atoms with Crippen molar-refractivity contribution >= 4 is 11.9 Å². The summed E-state index contributed by atoms with van der Waals surface area (Å²) in [5.41, 5.74) is 1.63. The molecule has 0 aromatic heterocycles. The number of phenolic OH excluding ortho intramolecular Hbond substituents is 2. The Morgan fingerprint density at radius 2 is 0.964 bits per heavy atom. The van der Waals surface area contributed by atoms with Crippen LogP contribution in [0.5, 0.6) is 11.5 Å². The van der Waals surface area contributed by atoms with E-state index in [1.54, 1.807) is 36.4 Å². The zero-order valence-corrected chi connectivity index (χ0v) is 14.9. The lowest BCUT2D eigenvalue weighted by Gasteiger charge is -2.10. The first-order valence-corrected chi connectivity index (χ1v) is 8.52. The fourth-order valence-electron chi connectivity index (χ4n) is 2.48. The smallest absolute Gasteiger partial charge is 0.339 e. The minimum Gasteiger partial charge on any atom is -0.508 e. The molecule has 6 heteroatoms. The maximum absolute atomic E-state index is 12.4. The predicted molar refractivity (Wildman–Crippen MR) is 101 cm³/mol. The summed E-state index contributed by atoms with van der Waals surface area (Å²) in [7, 11) is 0. The largest absolute Gasteiger partial charge is 0.508 e. The van der Waals surface area contributed by atoms with E-state index in [2.05, 4.69) is 0 Å². The van der Waals surface area contributed by atoms with E-state index < -0.39 is 11.9 Å². The second-order valence-corrected chi connectivity index (χ2v) is 6.03. The molecular formula is C22H18O6. The molecule has 0 saturated heterocycles. The van der Waals surface area contributed by atoms with Gasteiger partial charge in [-0.3, -0.25) is 0 Å². The molecule has 0 bridgehead atoms. The molecule has 3 aromatic carbocycles. The number of esters is 2. The minimum atomic E-state index is -0.648. The van der Waals surface area contributed by atoms with Crippen LogP contribution in [0.4, 0.5) is 0 Å². The van der Waals surface area contributed by atoms with Crippen molar-refractivity contribution in [1.29, 1.82) is 0 Å². The van der Waals surface area contributed by atoms with Crippen LogP contribution in [0.3, 0.4) is 0 Å². The number of aromatic hydroxyl groups is 2. The fourth-order valence-corrected chi connectivity index (χ4v) is 2.48. The Kier molecular flexibility index (Phi) is 5.91. The van der Waals surface area contributed by atoms with Crippen molar-refractivity contribution in [2.45, 2.75) is 13.2 Å². The van der Waals surface area contributed by atoms with Crippen molar-refractivity contribution in [3.05, 3.63) is 95.1 Å². The fraction of sp³-hybridized carbons (Fsp3) is 0.0909. The molecule has 0 unspecified atom stereocenters. The number of rotatable bonds is 6. The molecule has 0 aliphatic carbocycles. The Bertz CT molecular complexity index is 881. The van der Waals surface area contributed by atoms with Crippen molar-refractivity contribution in [3.63, 3.8) is 0 Å². The van der Waals surface area contributed by atoms with E-state index in [0.717, 1.165) is 0 Å². The molecular weight excluding hydrogens is 360 g/mol. The number of phenols is 2. The summed E-state index contributed by atoms with van der Waals surface area (Å²) < 4.78 is 10.5. The lowest BCUT2D eigenvalue weighted by molar-refractivity contribution is 0.0425. The Morgan fingerprint density at radius 3 is 1.32 bits per heavy atom. The Hall–Kier alpha value is -3.80. The number of benzene rings is 3. The summed E-state index contributed by atoms with van der Waals surface area (Å²) in [5, 5.41) is 18.6. The highest BCUT2D eigenvalue weighted by Gasteiger charge is 2.19. The molecule has 28 heavy (non-hydrogen) atoms. The quantitative estimate of drug-likeness (QED) is 0.634. The SMILES string of the molecule is O=C(OCc1ccc(O)cc1)c1ccccc1C(=O)OCc1ccc(O)cc1. The van der Waals surface area contributed by atoms with Gasteiger partial charge in [0.1, 0.15) is 24.7 Å². The van der Waals surface area contributed by atoms with Gasteiger partial charge in [-0.2, -0.15) is 0 Å². The van der Waals surface area contributed by atoms with Gasteiger partial charge in [0.2, 0.25) is 0 Å². The summed E-state index contributed by atoms with van der Waals surface area (Å²) in [4.78, 5) is 24.8. The van der Waals surface area contributed by atoms with Gasteiger partial charge in [0, 0.05) is 0 Å². The average molecular weight is 378 g/mol. The van der Waals surface area contributed by atoms with Crippen LogP contribution in [-0.4, -0.2) is 22.2 Å². The second-order valence-electron chi connectivity index (χ2n) is 6.03. The zero-order chi connectivity index (χ0) is 19.9. The van der Waals surface area contributed by atoms with Gasteiger partial charge >= 0.3 is 11.9 Å². The molecule has 3 rings (SSSR count). The number of carbonyl (C=O) groups excluding carboxylic acids is 2. The maximum atomic E-state index is 12.4. The molecule has 0 atom stereocenters. The van der Waals surface area contributed by atoms with Gasteiger partial charge in [-0.15, -0.1) is 0 Å². The summed E-state index contributed by atoms with van der Waals surface area (Å²) in [6.45, 7) is 0.0198. The van der Waals surface area contributed by atoms with Crippen molar-refractivity contribution < 1.29 is 29.3 Å². The summed E-state index contributed by atoms with van der Waals surface area (Å²) in [6.07, 6.45) is 0. The first kappa shape index (κ1) is 19.0. The molecule has 0 fully saturated rings. The number of ether oxygens (including phenoxy) is 2. The van der Waals surface area contributed by atoms with E-state index in [9.17, 15) is 19.8 Å². The topological polar surface area (TPSA) is 93.1 Å². The van der Waals surface area contributed by atoms with Gasteiger partial charge in [0.15, 0.2) is 0 Å². The van der Waals surface area contributed by atoms with Crippen LogP contribution in [-0.2, 0) is 22.7 Å². The van der Waals surface area contributed by atoms with E-state index in [1.165, 1.54) is 36.4 Å². The average Bonchev–Trinajstić information content (AvgIpc) is 2.72. The van der Waals surface area contributed by atoms with E-state index in [-0.39, 0.29) is 35.8 Å². The van der Waals surface area contributed by atoms with Gasteiger partial charge in [0.25, 0.3) is 0 Å². The molecule has 0 amide bonds. The third kappa shape index (κ3) is 4.88. The Morgan fingerprint density at radius 1 is 0.607 bits per heavy atom. The van der Waals surface area contributed by atoms with Crippen molar-refractivity contribution in [1.82, 2.24) is 0 Å². The minimum absolute atomic E-state index is 0.00992. The van der Waals surface area contributed by atoms with Gasteiger partial charge in [-0.1, -0.05) is 36.4 Å². The number of carbonyl (C=O) groups is 2. The highest BCUT2D eigenvalue weighted by atomic mass is 16.5. The van der Waals surface area contributed by atoms with Crippen molar-refractivity contribution in [2.24, 2.45) is 0 Å². The van der Waals surface area contributed by atoms with Gasteiger partial charge in [-0.05, 0) is 47.5 Å². The highest BCUT2D eigenvalue weighted by Crippen LogP contribution is 2.16. The standard InChI is InChI=1S/C22H18O6/c23-17-9-5-15(6-10-17)13-27-21(25)19-3-1-2-4-20(19)22(26)28-14-16-7-11-18(24)12-8-16/h1-12,23-24H,13-14H2. The van der Waals surface area contributed by atoms with Crippen molar-refractivity contribution in [2.75, 3.05) is 0 Å². The van der Waals surface area contributed by atoms with Crippen LogP contribution in [0, 0.1) is 0 Å². The number of hydrogen-bond acceptors (Lipinski definition) is 6. The van der Waals surface area contributed by atoms with Gasteiger partial charge < -0.3 is 19.7 Å². The molecule has 0 radical (unpaired) electrons. The van der Waals surface area contributed by atoms with Crippen LogP contribution in [0.15, 0.2) is 72.8 Å². The highest BCUT2D eigenvalue weighted by molar-refractivity contribution is 6.03. The first-order chi connectivity index (χ1) is 13.5. The van der Waals surface area contributed by atoms with E-state index >= 15 is 0 Å². The van der Waals surface area contributed by atoms with Gasteiger partial charge in [0.05, 0.1) is 11.1 Å². The molecule has 142 valence electrons. The second kappa shape index (κ2) is 8.73.